The van der Waals surface area contributed by atoms with E-state index in [1.807, 2.05) is 0 Å². The first-order valence-corrected chi connectivity index (χ1v) is 12.4. The van der Waals surface area contributed by atoms with Crippen molar-refractivity contribution >= 4 is 10.1 Å². The van der Waals surface area contributed by atoms with Crippen molar-refractivity contribution in [2.75, 3.05) is 32.9 Å². The van der Waals surface area contributed by atoms with Gasteiger partial charge in [-0.25, -0.2) is 8.42 Å². The van der Waals surface area contributed by atoms with Gasteiger partial charge in [0.2, 0.25) is 0 Å². The summed E-state index contributed by atoms with van der Waals surface area (Å²) in [5.41, 5.74) is 0. The fraction of sp³-hybridized carbons (Fsp3) is 1.00. The Morgan fingerprint density at radius 1 is 0.885 bits per heavy atom. The first-order chi connectivity index (χ1) is 12.1. The summed E-state index contributed by atoms with van der Waals surface area (Å²) in [6.45, 7) is 8.83. The van der Waals surface area contributed by atoms with E-state index in [-0.39, 0.29) is 5.75 Å². The third-order valence-corrected chi connectivity index (χ3v) is 6.44. The number of unbranched alkanes of at least 4 members (excludes halogenated alkanes) is 4. The van der Waals surface area contributed by atoms with E-state index in [0.29, 0.717) is 6.42 Å². The van der Waals surface area contributed by atoms with Gasteiger partial charge in [-0.1, -0.05) is 65.7 Å². The number of rotatable bonds is 17. The summed E-state index contributed by atoms with van der Waals surface area (Å²) in [6.07, 6.45) is 13.7. The molecule has 0 radical (unpaired) electrons. The zero-order valence-electron chi connectivity index (χ0n) is 18.1. The van der Waals surface area contributed by atoms with Crippen molar-refractivity contribution in [3.8, 4) is 0 Å². The predicted molar refractivity (Wildman–Crippen MR) is 111 cm³/mol. The fourth-order valence-electron chi connectivity index (χ4n) is 3.85. The molecule has 0 heterocycles. The Bertz CT molecular complexity index is 435. The number of hydrogen-bond donors (Lipinski definition) is 0. The van der Waals surface area contributed by atoms with Gasteiger partial charge in [-0.3, -0.25) is 0 Å². The maximum Gasteiger partial charge on any atom is 0.0948 e. The van der Waals surface area contributed by atoms with E-state index in [1.165, 1.54) is 64.2 Å². The van der Waals surface area contributed by atoms with Crippen molar-refractivity contribution in [1.82, 2.24) is 0 Å². The van der Waals surface area contributed by atoms with Crippen molar-refractivity contribution in [2.45, 2.75) is 91.4 Å². The standard InChI is InChI=1S/C21H45NO3S/c1-6-8-10-14-20(3)19-21(7-2)15-11-9-12-16-22(4,5)17-13-18-26(23,24)25/h20-21H,6-19H2,1-5H3. The summed E-state index contributed by atoms with van der Waals surface area (Å²) in [5, 5.41) is 0. The fourth-order valence-corrected chi connectivity index (χ4v) is 4.33. The molecule has 2 unspecified atom stereocenters. The molecule has 5 heteroatoms. The zero-order valence-corrected chi connectivity index (χ0v) is 19.0. The molecule has 0 aromatic heterocycles. The van der Waals surface area contributed by atoms with Gasteiger partial charge in [0.15, 0.2) is 0 Å². The summed E-state index contributed by atoms with van der Waals surface area (Å²) in [7, 11) is 0.193. The van der Waals surface area contributed by atoms with E-state index in [4.69, 9.17) is 0 Å². The molecule has 0 aliphatic carbocycles. The molecule has 0 spiro atoms. The van der Waals surface area contributed by atoms with E-state index >= 15 is 0 Å². The highest BCUT2D eigenvalue weighted by molar-refractivity contribution is 7.85. The molecule has 2 atom stereocenters. The third kappa shape index (κ3) is 16.1. The molecular weight excluding hydrogens is 346 g/mol. The first kappa shape index (κ1) is 25.9. The Morgan fingerprint density at radius 2 is 1.50 bits per heavy atom. The third-order valence-electron chi connectivity index (χ3n) is 5.65. The van der Waals surface area contributed by atoms with Crippen molar-refractivity contribution in [3.63, 3.8) is 0 Å². The smallest absolute Gasteiger partial charge is 0.0948 e. The van der Waals surface area contributed by atoms with E-state index in [0.717, 1.165) is 29.4 Å². The second-order valence-corrected chi connectivity index (χ2v) is 10.5. The van der Waals surface area contributed by atoms with Crippen molar-refractivity contribution in [1.29, 1.82) is 0 Å². The van der Waals surface area contributed by atoms with Crippen molar-refractivity contribution in [2.24, 2.45) is 11.8 Å². The molecular formula is C21H45NO3S. The van der Waals surface area contributed by atoms with Crippen LogP contribution in [0.5, 0.6) is 0 Å². The van der Waals surface area contributed by atoms with Crippen LogP contribution >= 0.6 is 0 Å². The highest BCUT2D eigenvalue weighted by atomic mass is 32.2. The highest BCUT2D eigenvalue weighted by Crippen LogP contribution is 2.25. The lowest BCUT2D eigenvalue weighted by molar-refractivity contribution is -0.890. The van der Waals surface area contributed by atoms with Crippen LogP contribution in [0.3, 0.4) is 0 Å². The maximum absolute atomic E-state index is 10.7. The summed E-state index contributed by atoms with van der Waals surface area (Å²) >= 11 is 0. The maximum atomic E-state index is 10.7. The molecule has 4 nitrogen and oxygen atoms in total. The normalized spacial score (nSPS) is 15.2. The summed E-state index contributed by atoms with van der Waals surface area (Å²) < 4.78 is 32.9. The SMILES string of the molecule is CCCCCC(C)CC(CC)CCCCC[N+](C)(C)CCCS(=O)(=O)[O-]. The summed E-state index contributed by atoms with van der Waals surface area (Å²) in [6, 6.07) is 0. The molecule has 0 saturated heterocycles. The summed E-state index contributed by atoms with van der Waals surface area (Å²) in [5.74, 6) is 1.50. The average Bonchev–Trinajstić information content (AvgIpc) is 2.52. The Balaban J connectivity index is 3.86. The Morgan fingerprint density at radius 3 is 2.08 bits per heavy atom. The van der Waals surface area contributed by atoms with Gasteiger partial charge in [0.1, 0.15) is 0 Å². The van der Waals surface area contributed by atoms with E-state index in [1.54, 1.807) is 0 Å². The molecule has 26 heavy (non-hydrogen) atoms. The van der Waals surface area contributed by atoms with E-state index < -0.39 is 10.1 Å². The molecule has 0 aromatic carbocycles. The van der Waals surface area contributed by atoms with Gasteiger partial charge < -0.3 is 9.04 Å². The number of hydrogen-bond acceptors (Lipinski definition) is 3. The predicted octanol–water partition coefficient (Wildman–Crippen LogP) is 5.19. The van der Waals surface area contributed by atoms with Crippen LogP contribution in [-0.4, -0.2) is 50.4 Å². The average molecular weight is 392 g/mol. The van der Waals surface area contributed by atoms with Gasteiger partial charge in [0.25, 0.3) is 0 Å². The summed E-state index contributed by atoms with van der Waals surface area (Å²) in [4.78, 5) is 0. The lowest BCUT2D eigenvalue weighted by Gasteiger charge is -2.30. The second kappa shape index (κ2) is 14.0. The van der Waals surface area contributed by atoms with Crippen molar-refractivity contribution < 1.29 is 17.5 Å². The quantitative estimate of drug-likeness (QED) is 0.195. The van der Waals surface area contributed by atoms with Gasteiger partial charge in [-0.15, -0.1) is 0 Å². The van der Waals surface area contributed by atoms with E-state index in [2.05, 4.69) is 34.9 Å². The first-order valence-electron chi connectivity index (χ1n) is 10.8. The molecule has 0 aliphatic heterocycles. The van der Waals surface area contributed by atoms with Gasteiger partial charge >= 0.3 is 0 Å². The van der Waals surface area contributed by atoms with Gasteiger partial charge in [-0.2, -0.15) is 0 Å². The molecule has 0 aromatic rings. The van der Waals surface area contributed by atoms with Crippen LogP contribution in [-0.2, 0) is 10.1 Å². The monoisotopic (exact) mass is 391 g/mol. The number of nitrogens with zero attached hydrogens (tertiary/aromatic N) is 1. The van der Waals surface area contributed by atoms with Crippen LogP contribution in [0.25, 0.3) is 0 Å². The van der Waals surface area contributed by atoms with Crippen molar-refractivity contribution in [3.05, 3.63) is 0 Å². The second-order valence-electron chi connectivity index (χ2n) is 8.96. The Kier molecular flexibility index (Phi) is 13.9. The Hall–Kier alpha value is -0.130. The minimum absolute atomic E-state index is 0.233. The van der Waals surface area contributed by atoms with Gasteiger partial charge in [0, 0.05) is 12.2 Å². The van der Waals surface area contributed by atoms with Crippen LogP contribution in [0.15, 0.2) is 0 Å². The van der Waals surface area contributed by atoms with E-state index in [9.17, 15) is 13.0 Å². The lowest BCUT2D eigenvalue weighted by atomic mass is 9.87. The highest BCUT2D eigenvalue weighted by Gasteiger charge is 2.15. The molecule has 0 bridgehead atoms. The molecule has 0 amide bonds. The minimum Gasteiger partial charge on any atom is -0.748 e. The lowest BCUT2D eigenvalue weighted by Crippen LogP contribution is -2.41. The molecule has 158 valence electrons. The van der Waals surface area contributed by atoms with Gasteiger partial charge in [-0.05, 0) is 31.1 Å². The Labute approximate surface area is 164 Å². The van der Waals surface area contributed by atoms with Crippen LogP contribution in [0, 0.1) is 11.8 Å². The van der Waals surface area contributed by atoms with Crippen LogP contribution in [0.2, 0.25) is 0 Å². The minimum atomic E-state index is -4.07. The van der Waals surface area contributed by atoms with Crippen LogP contribution < -0.4 is 0 Å². The molecule has 0 N–H and O–H groups in total. The molecule has 0 saturated carbocycles. The van der Waals surface area contributed by atoms with Crippen LogP contribution in [0.4, 0.5) is 0 Å². The molecule has 0 aliphatic rings. The van der Waals surface area contributed by atoms with Gasteiger partial charge in [0.05, 0.1) is 37.3 Å². The topological polar surface area (TPSA) is 57.2 Å². The largest absolute Gasteiger partial charge is 0.748 e. The molecule has 0 fully saturated rings. The molecule has 0 rings (SSSR count). The zero-order chi connectivity index (χ0) is 20.1. The van der Waals surface area contributed by atoms with Crippen LogP contribution in [0.1, 0.15) is 91.4 Å². The number of quaternary nitrogens is 1.